The van der Waals surface area contributed by atoms with Gasteiger partial charge in [0.1, 0.15) is 0 Å². The molecule has 1 N–H and O–H groups in total. The topological polar surface area (TPSA) is 20.2 Å². The summed E-state index contributed by atoms with van der Waals surface area (Å²) in [5, 5.41) is 9.02. The molecule has 0 aliphatic carbocycles. The first-order valence-electron chi connectivity index (χ1n) is 3.61. The van der Waals surface area contributed by atoms with E-state index in [-0.39, 0.29) is 6.61 Å². The van der Waals surface area contributed by atoms with E-state index >= 15 is 0 Å². The van der Waals surface area contributed by atoms with Gasteiger partial charge in [-0.25, -0.2) is 0 Å². The predicted molar refractivity (Wildman–Crippen MR) is 65.6 cm³/mol. The lowest BCUT2D eigenvalue weighted by Crippen LogP contribution is -1.94. The molecule has 0 saturated heterocycles. The smallest absolute Gasteiger partial charge is 0.0684 e. The average Bonchev–Trinajstić information content (AvgIpc) is 2.11. The van der Waals surface area contributed by atoms with Crippen LogP contribution in [0.25, 0.3) is 0 Å². The Morgan fingerprint density at radius 2 is 2.25 bits per heavy atom. The monoisotopic (exact) mass is 296 g/mol. The summed E-state index contributed by atoms with van der Waals surface area (Å²) in [4.78, 5) is 0. The van der Waals surface area contributed by atoms with Crippen molar-refractivity contribution < 1.29 is 5.11 Å². The third-order valence-corrected chi connectivity index (χ3v) is 2.76. The largest absolute Gasteiger partial charge is 0.392 e. The lowest BCUT2D eigenvalue weighted by Gasteiger charge is -2.03. The molecule has 68 valence electrons. The molecule has 0 aliphatic heterocycles. The quantitative estimate of drug-likeness (QED) is 0.621. The van der Waals surface area contributed by atoms with E-state index in [9.17, 15) is 0 Å². The molecule has 0 aromatic rings. The van der Waals surface area contributed by atoms with Crippen molar-refractivity contribution in [2.24, 2.45) is 0 Å². The van der Waals surface area contributed by atoms with Gasteiger partial charge in [-0.1, -0.05) is 33.7 Å². The van der Waals surface area contributed by atoms with Crippen LogP contribution in [0, 0.1) is 0 Å². The number of rotatable bonds is 5. The van der Waals surface area contributed by atoms with Gasteiger partial charge in [0, 0.05) is 5.75 Å². The molecule has 0 amide bonds. The normalized spacial score (nSPS) is 13.2. The molecule has 0 aromatic carbocycles. The number of halogens is 1. The van der Waals surface area contributed by atoms with E-state index < -0.39 is 0 Å². The van der Waals surface area contributed by atoms with Gasteiger partial charge in [0.25, 0.3) is 0 Å². The summed E-state index contributed by atoms with van der Waals surface area (Å²) in [7, 11) is 1.70. The van der Waals surface area contributed by atoms with E-state index in [4.69, 9.17) is 5.11 Å². The van der Waals surface area contributed by atoms with Gasteiger partial charge < -0.3 is 5.11 Å². The van der Waals surface area contributed by atoms with Gasteiger partial charge in [-0.3, -0.25) is 0 Å². The number of hydrogen-bond donors (Lipinski definition) is 1. The van der Waals surface area contributed by atoms with E-state index in [0.717, 1.165) is 16.9 Å². The summed E-state index contributed by atoms with van der Waals surface area (Å²) < 4.78 is 0. The number of aliphatic hydroxyl groups is 1. The highest BCUT2D eigenvalue weighted by atomic mass is 127. The highest BCUT2D eigenvalue weighted by Gasteiger charge is 1.98. The number of allylic oxidation sites excluding steroid dienone is 2. The Morgan fingerprint density at radius 1 is 1.58 bits per heavy atom. The molecule has 0 fully saturated rings. The van der Waals surface area contributed by atoms with E-state index in [0.29, 0.717) is 0 Å². The van der Waals surface area contributed by atoms with Gasteiger partial charge in [-0.15, -0.1) is 0 Å². The molecule has 0 heterocycles. The van der Waals surface area contributed by atoms with Crippen LogP contribution in [0.1, 0.15) is 6.92 Å². The Labute approximate surface area is 90.2 Å². The SMILES string of the molecule is C=C/C(CSI)=C(\C=C/C)CO. The van der Waals surface area contributed by atoms with Gasteiger partial charge >= 0.3 is 0 Å². The minimum Gasteiger partial charge on any atom is -0.392 e. The van der Waals surface area contributed by atoms with Crippen LogP contribution in [0.2, 0.25) is 0 Å². The van der Waals surface area contributed by atoms with Crippen molar-refractivity contribution in [1.29, 1.82) is 0 Å². The molecule has 0 bridgehead atoms. The summed E-state index contributed by atoms with van der Waals surface area (Å²) >= 11 is 2.23. The van der Waals surface area contributed by atoms with E-state index in [1.807, 2.05) is 19.1 Å². The lowest BCUT2D eigenvalue weighted by atomic mass is 10.1. The maximum atomic E-state index is 9.02. The first-order chi connectivity index (χ1) is 5.79. The minimum atomic E-state index is 0.0862. The second-order valence-electron chi connectivity index (χ2n) is 2.17. The van der Waals surface area contributed by atoms with Crippen molar-refractivity contribution in [2.75, 3.05) is 12.4 Å². The second kappa shape index (κ2) is 7.89. The molecule has 0 saturated carbocycles. The van der Waals surface area contributed by atoms with E-state index in [2.05, 4.69) is 27.8 Å². The summed E-state index contributed by atoms with van der Waals surface area (Å²) in [6, 6.07) is 0. The average molecular weight is 296 g/mol. The highest BCUT2D eigenvalue weighted by Crippen LogP contribution is 2.19. The van der Waals surface area contributed by atoms with Crippen molar-refractivity contribution in [3.8, 4) is 0 Å². The van der Waals surface area contributed by atoms with Gasteiger partial charge in [0.2, 0.25) is 0 Å². The van der Waals surface area contributed by atoms with Crippen LogP contribution in [0.5, 0.6) is 0 Å². The summed E-state index contributed by atoms with van der Waals surface area (Å²) in [6.07, 6.45) is 5.65. The lowest BCUT2D eigenvalue weighted by molar-refractivity contribution is 0.334. The van der Waals surface area contributed by atoms with Crippen molar-refractivity contribution in [3.05, 3.63) is 36.0 Å². The first kappa shape index (κ1) is 12.3. The molecule has 1 nitrogen and oxygen atoms in total. The molecule has 0 rings (SSSR count). The van der Waals surface area contributed by atoms with Crippen LogP contribution >= 0.6 is 30.1 Å². The highest BCUT2D eigenvalue weighted by molar-refractivity contribution is 14.2. The fourth-order valence-corrected chi connectivity index (χ4v) is 2.23. The van der Waals surface area contributed by atoms with Crippen molar-refractivity contribution in [2.45, 2.75) is 6.92 Å². The zero-order chi connectivity index (χ0) is 9.40. The minimum absolute atomic E-state index is 0.0862. The van der Waals surface area contributed by atoms with Crippen LogP contribution < -0.4 is 0 Å². The zero-order valence-electron chi connectivity index (χ0n) is 7.09. The summed E-state index contributed by atoms with van der Waals surface area (Å²) in [6.45, 7) is 5.74. The molecular formula is C9H13IOS. The van der Waals surface area contributed by atoms with Gasteiger partial charge in [-0.2, -0.15) is 0 Å². The van der Waals surface area contributed by atoms with Crippen LogP contribution in [-0.2, 0) is 0 Å². The standard InChI is InChI=1S/C9H13IOS/c1-3-5-9(6-11)8(4-2)7-12-10/h3-5,11H,2,6-7H2,1H3/b5-3-,9-8-. The number of hydrogen-bond acceptors (Lipinski definition) is 2. The molecule has 0 unspecified atom stereocenters. The summed E-state index contributed by atoms with van der Waals surface area (Å²) in [5.41, 5.74) is 2.06. The van der Waals surface area contributed by atoms with E-state index in [1.165, 1.54) is 0 Å². The molecule has 0 radical (unpaired) electrons. The Balaban J connectivity index is 4.60. The fourth-order valence-electron chi connectivity index (χ4n) is 0.804. The maximum absolute atomic E-state index is 9.02. The van der Waals surface area contributed by atoms with Crippen LogP contribution in [0.15, 0.2) is 36.0 Å². The van der Waals surface area contributed by atoms with Gasteiger partial charge in [0.15, 0.2) is 0 Å². The molecular weight excluding hydrogens is 283 g/mol. The summed E-state index contributed by atoms with van der Waals surface area (Å²) in [5.74, 6) is 0.893. The Morgan fingerprint density at radius 3 is 2.58 bits per heavy atom. The molecule has 0 aromatic heterocycles. The van der Waals surface area contributed by atoms with Crippen molar-refractivity contribution >= 4 is 30.1 Å². The van der Waals surface area contributed by atoms with Crippen LogP contribution in [0.3, 0.4) is 0 Å². The van der Waals surface area contributed by atoms with Crippen molar-refractivity contribution in [1.82, 2.24) is 0 Å². The first-order valence-corrected chi connectivity index (χ1v) is 7.14. The van der Waals surface area contributed by atoms with Crippen molar-refractivity contribution in [3.63, 3.8) is 0 Å². The fraction of sp³-hybridized carbons (Fsp3) is 0.333. The van der Waals surface area contributed by atoms with E-state index in [1.54, 1.807) is 15.0 Å². The third-order valence-electron chi connectivity index (χ3n) is 1.41. The van der Waals surface area contributed by atoms with Gasteiger partial charge in [-0.05, 0) is 39.3 Å². The van der Waals surface area contributed by atoms with Crippen LogP contribution in [0.4, 0.5) is 0 Å². The molecule has 0 atom stereocenters. The Kier molecular flexibility index (Phi) is 8.06. The third kappa shape index (κ3) is 4.33. The molecule has 12 heavy (non-hydrogen) atoms. The Bertz CT molecular complexity index is 197. The number of aliphatic hydroxyl groups excluding tert-OH is 1. The molecule has 0 spiro atoms. The zero-order valence-corrected chi connectivity index (χ0v) is 10.1. The predicted octanol–water partition coefficient (Wildman–Crippen LogP) is 3.12. The molecule has 3 heteroatoms. The maximum Gasteiger partial charge on any atom is 0.0684 e. The van der Waals surface area contributed by atoms with Crippen LogP contribution in [-0.4, -0.2) is 17.5 Å². The molecule has 0 aliphatic rings. The van der Waals surface area contributed by atoms with Gasteiger partial charge in [0.05, 0.1) is 6.61 Å². The Hall–Kier alpha value is 0.260. The second-order valence-corrected chi connectivity index (χ2v) is 4.54.